The Balaban J connectivity index is 2.10. The highest BCUT2D eigenvalue weighted by molar-refractivity contribution is 5.97. The van der Waals surface area contributed by atoms with Gasteiger partial charge in [0.2, 0.25) is 0 Å². The second kappa shape index (κ2) is 10.8. The molecule has 0 radical (unpaired) electrons. The van der Waals surface area contributed by atoms with Gasteiger partial charge in [-0.05, 0) is 56.5 Å². The number of esters is 1. The molecular formula is C24H30N2O6. The van der Waals surface area contributed by atoms with Gasteiger partial charge in [0, 0.05) is 5.56 Å². The maximum absolute atomic E-state index is 12.7. The highest BCUT2D eigenvalue weighted by atomic mass is 16.6. The molecule has 2 amide bonds. The molecule has 0 heterocycles. The first-order valence-corrected chi connectivity index (χ1v) is 10.2. The van der Waals surface area contributed by atoms with Crippen molar-refractivity contribution in [1.82, 2.24) is 10.6 Å². The summed E-state index contributed by atoms with van der Waals surface area (Å²) in [6.45, 7) is 6.72. The van der Waals surface area contributed by atoms with Crippen LogP contribution >= 0.6 is 0 Å². The largest absolute Gasteiger partial charge is 0.467 e. The molecule has 2 aromatic rings. The van der Waals surface area contributed by atoms with E-state index in [-0.39, 0.29) is 6.61 Å². The molecule has 0 aliphatic rings. The Morgan fingerprint density at radius 1 is 0.938 bits per heavy atom. The van der Waals surface area contributed by atoms with E-state index in [9.17, 15) is 14.4 Å². The van der Waals surface area contributed by atoms with E-state index < -0.39 is 35.7 Å². The van der Waals surface area contributed by atoms with Gasteiger partial charge in [-0.1, -0.05) is 36.4 Å². The molecule has 8 heteroatoms. The molecule has 0 spiro atoms. The molecular weight excluding hydrogens is 412 g/mol. The molecule has 0 aliphatic heterocycles. The normalized spacial score (nSPS) is 12.9. The molecule has 2 aromatic carbocycles. The van der Waals surface area contributed by atoms with Crippen molar-refractivity contribution in [2.75, 3.05) is 7.11 Å². The number of rotatable bonds is 7. The van der Waals surface area contributed by atoms with Gasteiger partial charge >= 0.3 is 12.1 Å². The maximum atomic E-state index is 12.7. The first-order valence-electron chi connectivity index (χ1n) is 10.2. The first-order chi connectivity index (χ1) is 15.0. The molecule has 0 fully saturated rings. The highest BCUT2D eigenvalue weighted by Gasteiger charge is 2.30. The molecule has 0 unspecified atom stereocenters. The third kappa shape index (κ3) is 7.09. The Bertz CT molecular complexity index is 932. The first kappa shape index (κ1) is 24.9. The number of aliphatic hydroxyl groups is 1. The standard InChI is InChI=1S/C24H30N2O6/c1-15(25-23(30)32-24(2,3)4)20(22(29)31-5)26-21(28)19-12-10-18(11-13-19)17-8-6-16(14-27)7-9-17/h6-13,15,20,27H,14H2,1-5H3,(H,25,30)(H,26,28)/t15-,20+/m1/s1. The molecule has 172 valence electrons. The summed E-state index contributed by atoms with van der Waals surface area (Å²) in [5.41, 5.74) is 2.30. The molecule has 0 bridgehead atoms. The van der Waals surface area contributed by atoms with Crippen LogP contribution in [-0.4, -0.2) is 47.9 Å². The van der Waals surface area contributed by atoms with Gasteiger partial charge in [0.25, 0.3) is 5.91 Å². The van der Waals surface area contributed by atoms with E-state index in [0.717, 1.165) is 16.7 Å². The predicted molar refractivity (Wildman–Crippen MR) is 120 cm³/mol. The molecule has 2 atom stereocenters. The van der Waals surface area contributed by atoms with Crippen LogP contribution in [0.25, 0.3) is 11.1 Å². The van der Waals surface area contributed by atoms with Crippen LogP contribution in [0.5, 0.6) is 0 Å². The lowest BCUT2D eigenvalue weighted by Gasteiger charge is -2.26. The van der Waals surface area contributed by atoms with Crippen LogP contribution in [0, 0.1) is 0 Å². The summed E-state index contributed by atoms with van der Waals surface area (Å²) >= 11 is 0. The number of carbonyl (C=O) groups is 3. The zero-order valence-corrected chi connectivity index (χ0v) is 19.0. The highest BCUT2D eigenvalue weighted by Crippen LogP contribution is 2.20. The fraction of sp³-hybridized carbons (Fsp3) is 0.375. The molecule has 8 nitrogen and oxygen atoms in total. The van der Waals surface area contributed by atoms with E-state index in [1.165, 1.54) is 7.11 Å². The maximum Gasteiger partial charge on any atom is 0.407 e. The van der Waals surface area contributed by atoms with Crippen molar-refractivity contribution in [2.45, 2.75) is 52.0 Å². The number of hydrogen-bond donors (Lipinski definition) is 3. The molecule has 0 aliphatic carbocycles. The number of ether oxygens (including phenoxy) is 2. The smallest absolute Gasteiger partial charge is 0.407 e. The summed E-state index contributed by atoms with van der Waals surface area (Å²) in [7, 11) is 1.21. The summed E-state index contributed by atoms with van der Waals surface area (Å²) in [5, 5.41) is 14.3. The van der Waals surface area contributed by atoms with Crippen molar-refractivity contribution < 1.29 is 29.0 Å². The third-order valence-electron chi connectivity index (χ3n) is 4.60. The van der Waals surface area contributed by atoms with Gasteiger partial charge in [0.05, 0.1) is 19.8 Å². The van der Waals surface area contributed by atoms with Gasteiger partial charge in [0.15, 0.2) is 0 Å². The van der Waals surface area contributed by atoms with Crippen LogP contribution in [-0.2, 0) is 20.9 Å². The van der Waals surface area contributed by atoms with Crippen molar-refractivity contribution in [2.24, 2.45) is 0 Å². The summed E-state index contributed by atoms with van der Waals surface area (Å²) in [5.74, 6) is -1.18. The van der Waals surface area contributed by atoms with Crippen LogP contribution in [0.3, 0.4) is 0 Å². The second-order valence-corrected chi connectivity index (χ2v) is 8.34. The van der Waals surface area contributed by atoms with Crippen LogP contribution in [0.4, 0.5) is 4.79 Å². The van der Waals surface area contributed by atoms with Gasteiger partial charge in [-0.15, -0.1) is 0 Å². The quantitative estimate of drug-likeness (QED) is 0.568. The number of methoxy groups -OCH3 is 1. The average Bonchev–Trinajstić information content (AvgIpc) is 2.75. The Hall–Kier alpha value is -3.39. The lowest BCUT2D eigenvalue weighted by molar-refractivity contribution is -0.143. The van der Waals surface area contributed by atoms with Crippen molar-refractivity contribution in [3.63, 3.8) is 0 Å². The van der Waals surface area contributed by atoms with Crippen LogP contribution < -0.4 is 10.6 Å². The molecule has 2 rings (SSSR count). The lowest BCUT2D eigenvalue weighted by Crippen LogP contribution is -2.55. The minimum absolute atomic E-state index is 0.0258. The monoisotopic (exact) mass is 442 g/mol. The van der Waals surface area contributed by atoms with E-state index in [4.69, 9.17) is 14.6 Å². The van der Waals surface area contributed by atoms with Gasteiger partial charge in [-0.3, -0.25) is 4.79 Å². The lowest BCUT2D eigenvalue weighted by atomic mass is 10.0. The van der Waals surface area contributed by atoms with Crippen molar-refractivity contribution in [1.29, 1.82) is 0 Å². The number of amides is 2. The van der Waals surface area contributed by atoms with Gasteiger partial charge in [-0.2, -0.15) is 0 Å². The van der Waals surface area contributed by atoms with Gasteiger partial charge < -0.3 is 25.2 Å². The van der Waals surface area contributed by atoms with Crippen molar-refractivity contribution in [3.05, 3.63) is 59.7 Å². The minimum atomic E-state index is -1.11. The number of aliphatic hydroxyl groups excluding tert-OH is 1. The molecule has 0 saturated carbocycles. The zero-order valence-electron chi connectivity index (χ0n) is 19.0. The van der Waals surface area contributed by atoms with Crippen LogP contribution in [0.1, 0.15) is 43.6 Å². The summed E-state index contributed by atoms with van der Waals surface area (Å²) in [4.78, 5) is 37.0. The van der Waals surface area contributed by atoms with E-state index in [2.05, 4.69) is 10.6 Å². The van der Waals surface area contributed by atoms with Crippen molar-refractivity contribution in [3.8, 4) is 11.1 Å². The second-order valence-electron chi connectivity index (χ2n) is 8.34. The van der Waals surface area contributed by atoms with E-state index >= 15 is 0 Å². The van der Waals surface area contributed by atoms with E-state index in [1.54, 1.807) is 52.0 Å². The number of benzene rings is 2. The summed E-state index contributed by atoms with van der Waals surface area (Å²) < 4.78 is 9.99. The average molecular weight is 443 g/mol. The Morgan fingerprint density at radius 3 is 1.94 bits per heavy atom. The number of carbonyl (C=O) groups excluding carboxylic acids is 3. The van der Waals surface area contributed by atoms with Crippen LogP contribution in [0.15, 0.2) is 48.5 Å². The zero-order chi connectivity index (χ0) is 23.9. The molecule has 3 N–H and O–H groups in total. The fourth-order valence-electron chi connectivity index (χ4n) is 2.93. The SMILES string of the molecule is COC(=O)[C@@H](NC(=O)c1ccc(-c2ccc(CO)cc2)cc1)[C@@H](C)NC(=O)OC(C)(C)C. The predicted octanol–water partition coefficient (Wildman–Crippen LogP) is 3.03. The number of hydrogen-bond acceptors (Lipinski definition) is 6. The molecule has 0 aromatic heterocycles. The molecule has 0 saturated heterocycles. The number of alkyl carbamates (subject to hydrolysis) is 1. The summed E-state index contributed by atoms with van der Waals surface area (Å²) in [6.07, 6.45) is -0.704. The topological polar surface area (TPSA) is 114 Å². The van der Waals surface area contributed by atoms with Gasteiger partial charge in [0.1, 0.15) is 11.6 Å². The fourth-order valence-corrected chi connectivity index (χ4v) is 2.93. The minimum Gasteiger partial charge on any atom is -0.467 e. The summed E-state index contributed by atoms with van der Waals surface area (Å²) in [6, 6.07) is 12.4. The van der Waals surface area contributed by atoms with E-state index in [0.29, 0.717) is 5.56 Å². The number of nitrogens with one attached hydrogen (secondary N) is 2. The van der Waals surface area contributed by atoms with Crippen LogP contribution in [0.2, 0.25) is 0 Å². The van der Waals surface area contributed by atoms with Crippen molar-refractivity contribution >= 4 is 18.0 Å². The van der Waals surface area contributed by atoms with E-state index in [1.807, 2.05) is 24.3 Å². The molecule has 32 heavy (non-hydrogen) atoms. The van der Waals surface area contributed by atoms with Gasteiger partial charge in [-0.25, -0.2) is 9.59 Å². The Morgan fingerprint density at radius 2 is 1.47 bits per heavy atom. The Kier molecular flexibility index (Phi) is 8.37. The third-order valence-corrected chi connectivity index (χ3v) is 4.60. The Labute approximate surface area is 187 Å².